The number of carbonyl (C=O) groups is 1. The fourth-order valence-electron chi connectivity index (χ4n) is 0.831. The molecule has 1 nitrogen and oxygen atoms in total. The number of allylic oxidation sites excluding steroid dienone is 4. The van der Waals surface area contributed by atoms with Crippen LogP contribution in [-0.4, -0.2) is 6.29 Å². The molecule has 62 valence electrons. The van der Waals surface area contributed by atoms with E-state index in [4.69, 9.17) is 0 Å². The van der Waals surface area contributed by atoms with Gasteiger partial charge < -0.3 is 0 Å². The van der Waals surface area contributed by atoms with E-state index in [-0.39, 0.29) is 0 Å². The topological polar surface area (TPSA) is 17.1 Å². The molecule has 0 radical (unpaired) electrons. The first-order valence-electron chi connectivity index (χ1n) is 4.16. The molecule has 0 saturated heterocycles. The van der Waals surface area contributed by atoms with Gasteiger partial charge in [0.2, 0.25) is 0 Å². The summed E-state index contributed by atoms with van der Waals surface area (Å²) in [6, 6.07) is 0. The van der Waals surface area contributed by atoms with E-state index in [2.05, 4.69) is 13.0 Å². The van der Waals surface area contributed by atoms with Crippen LogP contribution in [0.25, 0.3) is 0 Å². The van der Waals surface area contributed by atoms with Crippen LogP contribution >= 0.6 is 0 Å². The van der Waals surface area contributed by atoms with Crippen molar-refractivity contribution in [1.82, 2.24) is 0 Å². The minimum atomic E-state index is 0.605. The summed E-state index contributed by atoms with van der Waals surface area (Å²) in [4.78, 5) is 10.1. The fourth-order valence-corrected chi connectivity index (χ4v) is 0.831. The molecule has 0 saturated carbocycles. The summed E-state index contributed by atoms with van der Waals surface area (Å²) in [6.45, 7) is 6.13. The van der Waals surface area contributed by atoms with E-state index in [9.17, 15) is 4.79 Å². The highest BCUT2D eigenvalue weighted by Crippen LogP contribution is 2.13. The van der Waals surface area contributed by atoms with Crippen LogP contribution in [0.5, 0.6) is 0 Å². The van der Waals surface area contributed by atoms with Crippen molar-refractivity contribution in [2.24, 2.45) is 5.92 Å². The Morgan fingerprint density at radius 2 is 2.18 bits per heavy atom. The van der Waals surface area contributed by atoms with Gasteiger partial charge in [0.25, 0.3) is 0 Å². The van der Waals surface area contributed by atoms with E-state index in [1.807, 2.05) is 26.0 Å². The van der Waals surface area contributed by atoms with Gasteiger partial charge in [-0.3, -0.25) is 4.79 Å². The molecule has 0 bridgehead atoms. The first-order chi connectivity index (χ1) is 5.33. The Labute approximate surface area is 68.8 Å². The molecular weight excluding hydrogens is 136 g/mol. The number of hydrogen-bond acceptors (Lipinski definition) is 1. The van der Waals surface area contributed by atoms with E-state index >= 15 is 0 Å². The number of carbonyl (C=O) groups excluding carboxylic acids is 1. The van der Waals surface area contributed by atoms with E-state index in [1.165, 1.54) is 0 Å². The van der Waals surface area contributed by atoms with E-state index in [0.29, 0.717) is 5.92 Å². The lowest BCUT2D eigenvalue weighted by Gasteiger charge is -2.06. The number of hydrogen-bond donors (Lipinski definition) is 0. The van der Waals surface area contributed by atoms with Crippen molar-refractivity contribution in [1.29, 1.82) is 0 Å². The molecule has 0 heterocycles. The Kier molecular flexibility index (Phi) is 5.44. The maximum atomic E-state index is 10.1. The molecule has 1 heteroatoms. The van der Waals surface area contributed by atoms with E-state index < -0.39 is 0 Å². The van der Waals surface area contributed by atoms with Gasteiger partial charge in [0.05, 0.1) is 0 Å². The largest absolute Gasteiger partial charge is 0.298 e. The van der Waals surface area contributed by atoms with Gasteiger partial charge in [0, 0.05) is 5.57 Å². The average molecular weight is 152 g/mol. The number of aldehydes is 1. The predicted octanol–water partition coefficient (Wildman–Crippen LogP) is 2.73. The zero-order valence-electron chi connectivity index (χ0n) is 7.50. The van der Waals surface area contributed by atoms with Crippen LogP contribution in [0.15, 0.2) is 23.8 Å². The Morgan fingerprint density at radius 3 is 2.55 bits per heavy atom. The summed E-state index contributed by atoms with van der Waals surface area (Å²) in [5.74, 6) is 0.605. The maximum Gasteiger partial charge on any atom is 0.149 e. The van der Waals surface area contributed by atoms with Crippen LogP contribution in [0.4, 0.5) is 0 Å². The fraction of sp³-hybridized carbons (Fsp3) is 0.500. The summed E-state index contributed by atoms with van der Waals surface area (Å²) < 4.78 is 0. The van der Waals surface area contributed by atoms with Crippen molar-refractivity contribution in [3.63, 3.8) is 0 Å². The van der Waals surface area contributed by atoms with Crippen molar-refractivity contribution >= 4 is 6.29 Å². The molecule has 11 heavy (non-hydrogen) atoms. The van der Waals surface area contributed by atoms with Gasteiger partial charge in [-0.25, -0.2) is 0 Å². The highest BCUT2D eigenvalue weighted by Gasteiger charge is 2.00. The van der Waals surface area contributed by atoms with Crippen molar-refractivity contribution in [2.45, 2.75) is 27.2 Å². The smallest absolute Gasteiger partial charge is 0.149 e. The average Bonchev–Trinajstić information content (AvgIpc) is 2.10. The minimum Gasteiger partial charge on any atom is -0.298 e. The Morgan fingerprint density at radius 1 is 1.55 bits per heavy atom. The molecule has 0 spiro atoms. The standard InChI is InChI=1S/C8H10O.C2H6/c1-7-2-4-8(6-9)5-3-7;1-2/h2,4-7H,3H2,1H3;1-2H3. The van der Waals surface area contributed by atoms with Crippen LogP contribution in [0.2, 0.25) is 0 Å². The lowest BCUT2D eigenvalue weighted by Crippen LogP contribution is -1.94. The third-order valence-electron chi connectivity index (χ3n) is 1.48. The molecule has 1 aliphatic carbocycles. The summed E-state index contributed by atoms with van der Waals surface area (Å²) >= 11 is 0. The van der Waals surface area contributed by atoms with Crippen LogP contribution in [0, 0.1) is 5.92 Å². The molecule has 0 fully saturated rings. The van der Waals surface area contributed by atoms with Gasteiger partial charge in [-0.2, -0.15) is 0 Å². The third-order valence-corrected chi connectivity index (χ3v) is 1.48. The van der Waals surface area contributed by atoms with Crippen molar-refractivity contribution < 1.29 is 4.79 Å². The van der Waals surface area contributed by atoms with Crippen molar-refractivity contribution in [3.05, 3.63) is 23.8 Å². The molecule has 0 amide bonds. The van der Waals surface area contributed by atoms with Gasteiger partial charge in [-0.05, 0) is 12.3 Å². The zero-order chi connectivity index (χ0) is 8.69. The van der Waals surface area contributed by atoms with E-state index in [1.54, 1.807) is 0 Å². The van der Waals surface area contributed by atoms with Gasteiger partial charge in [0.15, 0.2) is 0 Å². The highest BCUT2D eigenvalue weighted by molar-refractivity contribution is 5.77. The van der Waals surface area contributed by atoms with Gasteiger partial charge in [-0.1, -0.05) is 39.0 Å². The minimum absolute atomic E-state index is 0.605. The number of rotatable bonds is 1. The molecule has 0 aromatic heterocycles. The van der Waals surface area contributed by atoms with Gasteiger partial charge in [-0.15, -0.1) is 0 Å². The first kappa shape index (κ1) is 10.2. The second-order valence-electron chi connectivity index (χ2n) is 2.39. The SMILES string of the molecule is CC.CC1C=CC(C=O)=CC1. The molecule has 0 aromatic rings. The quantitative estimate of drug-likeness (QED) is 0.528. The second kappa shape index (κ2) is 5.90. The summed E-state index contributed by atoms with van der Waals surface area (Å²) in [6.07, 6.45) is 7.80. The molecule has 1 rings (SSSR count). The third kappa shape index (κ3) is 3.76. The monoisotopic (exact) mass is 152 g/mol. The van der Waals surface area contributed by atoms with E-state index in [0.717, 1.165) is 18.3 Å². The van der Waals surface area contributed by atoms with Crippen LogP contribution < -0.4 is 0 Å². The zero-order valence-corrected chi connectivity index (χ0v) is 7.50. The summed E-state index contributed by atoms with van der Waals surface area (Å²) in [5.41, 5.74) is 0.813. The molecule has 1 unspecified atom stereocenters. The maximum absolute atomic E-state index is 10.1. The van der Waals surface area contributed by atoms with Gasteiger partial charge in [0.1, 0.15) is 6.29 Å². The van der Waals surface area contributed by atoms with Crippen LogP contribution in [0.3, 0.4) is 0 Å². The molecule has 1 atom stereocenters. The molecular formula is C10H16O. The van der Waals surface area contributed by atoms with Crippen molar-refractivity contribution in [2.75, 3.05) is 0 Å². The van der Waals surface area contributed by atoms with Crippen molar-refractivity contribution in [3.8, 4) is 0 Å². The Bertz CT molecular complexity index is 166. The Balaban J connectivity index is 0.000000461. The lowest BCUT2D eigenvalue weighted by atomic mass is 9.99. The molecule has 1 aliphatic rings. The summed E-state index contributed by atoms with van der Waals surface area (Å²) in [7, 11) is 0. The first-order valence-corrected chi connectivity index (χ1v) is 4.16. The predicted molar refractivity (Wildman–Crippen MR) is 48.4 cm³/mol. The van der Waals surface area contributed by atoms with Crippen LogP contribution in [0.1, 0.15) is 27.2 Å². The summed E-state index contributed by atoms with van der Waals surface area (Å²) in [5, 5.41) is 0. The molecule has 0 aliphatic heterocycles. The second-order valence-corrected chi connectivity index (χ2v) is 2.39. The van der Waals surface area contributed by atoms with Gasteiger partial charge >= 0.3 is 0 Å². The Hall–Kier alpha value is -0.850. The molecule has 0 aromatic carbocycles. The molecule has 0 N–H and O–H groups in total. The van der Waals surface area contributed by atoms with Crippen LogP contribution in [-0.2, 0) is 4.79 Å². The highest BCUT2D eigenvalue weighted by atomic mass is 16.1. The lowest BCUT2D eigenvalue weighted by molar-refractivity contribution is -0.104. The normalized spacial score (nSPS) is 21.4.